The Bertz CT molecular complexity index is 592. The van der Waals surface area contributed by atoms with Crippen molar-refractivity contribution in [3.8, 4) is 5.75 Å². The topological polar surface area (TPSA) is 53.0 Å². The third-order valence-corrected chi connectivity index (χ3v) is 5.44. The molecule has 0 saturated carbocycles. The van der Waals surface area contributed by atoms with Crippen LogP contribution in [0.25, 0.3) is 0 Å². The summed E-state index contributed by atoms with van der Waals surface area (Å²) >= 11 is 0. The van der Waals surface area contributed by atoms with Crippen LogP contribution in [0.2, 0.25) is 0 Å². The van der Waals surface area contributed by atoms with Gasteiger partial charge in [-0.3, -0.25) is 9.69 Å². The molecule has 2 heterocycles. The van der Waals surface area contributed by atoms with Crippen molar-refractivity contribution in [1.29, 1.82) is 0 Å². The van der Waals surface area contributed by atoms with E-state index in [9.17, 15) is 9.90 Å². The first kappa shape index (κ1) is 18.2. The second-order valence-corrected chi connectivity index (χ2v) is 7.41. The summed E-state index contributed by atoms with van der Waals surface area (Å²) in [5.74, 6) is 0.980. The number of carbonyl (C=O) groups excluding carboxylic acids is 1. The minimum Gasteiger partial charge on any atom is -0.491 e. The van der Waals surface area contributed by atoms with E-state index in [4.69, 9.17) is 4.74 Å². The van der Waals surface area contributed by atoms with E-state index in [1.807, 2.05) is 36.1 Å². The van der Waals surface area contributed by atoms with Gasteiger partial charge in [0.25, 0.3) is 0 Å². The monoisotopic (exact) mass is 346 g/mol. The van der Waals surface area contributed by atoms with Gasteiger partial charge in [0.2, 0.25) is 5.91 Å². The van der Waals surface area contributed by atoms with E-state index >= 15 is 0 Å². The standard InChI is InChI=1S/C20H30N2O3/c1-15-6-3-7-18(12-15)25-14-17(24)13-21-10-4-8-19(21)20-9-5-11-22(20)16(2)23/h3,6-7,12,17,19-20,24H,4-5,8-11,13-14H2,1-2H3/t17-,19+,20+/m0/s1. The molecule has 2 aliphatic rings. The number of aliphatic hydroxyl groups excluding tert-OH is 1. The Morgan fingerprint density at radius 1 is 1.28 bits per heavy atom. The van der Waals surface area contributed by atoms with Gasteiger partial charge in [0.1, 0.15) is 18.5 Å². The van der Waals surface area contributed by atoms with Gasteiger partial charge >= 0.3 is 0 Å². The zero-order valence-electron chi connectivity index (χ0n) is 15.4. The van der Waals surface area contributed by atoms with E-state index in [0.717, 1.165) is 50.1 Å². The Hall–Kier alpha value is -1.59. The Labute approximate surface area is 150 Å². The number of amides is 1. The van der Waals surface area contributed by atoms with Crippen LogP contribution in [-0.2, 0) is 4.79 Å². The van der Waals surface area contributed by atoms with E-state index in [2.05, 4.69) is 4.90 Å². The molecule has 0 unspecified atom stereocenters. The third-order valence-electron chi connectivity index (χ3n) is 5.44. The van der Waals surface area contributed by atoms with Crippen molar-refractivity contribution in [3.63, 3.8) is 0 Å². The predicted molar refractivity (Wildman–Crippen MR) is 97.7 cm³/mol. The van der Waals surface area contributed by atoms with Gasteiger partial charge in [0, 0.05) is 32.1 Å². The number of carbonyl (C=O) groups is 1. The number of hydrogen-bond acceptors (Lipinski definition) is 4. The number of β-amino-alcohol motifs (C(OH)–C–C–N with tert-alkyl or cyclic N) is 1. The summed E-state index contributed by atoms with van der Waals surface area (Å²) < 4.78 is 5.74. The summed E-state index contributed by atoms with van der Waals surface area (Å²) in [6.45, 7) is 6.48. The van der Waals surface area contributed by atoms with Crippen LogP contribution in [0.4, 0.5) is 0 Å². The minimum atomic E-state index is -0.520. The maximum Gasteiger partial charge on any atom is 0.219 e. The van der Waals surface area contributed by atoms with Crippen molar-refractivity contribution in [2.45, 2.75) is 57.7 Å². The van der Waals surface area contributed by atoms with Crippen LogP contribution in [0.1, 0.15) is 38.2 Å². The molecule has 1 aromatic rings. The molecule has 3 rings (SSSR count). The molecule has 5 heteroatoms. The summed E-state index contributed by atoms with van der Waals surface area (Å²) in [5.41, 5.74) is 1.15. The van der Waals surface area contributed by atoms with Crippen molar-refractivity contribution in [2.24, 2.45) is 0 Å². The molecule has 1 amide bonds. The summed E-state index contributed by atoms with van der Waals surface area (Å²) in [6, 6.07) is 8.57. The van der Waals surface area contributed by atoms with Gasteiger partial charge in [0.15, 0.2) is 0 Å². The fourth-order valence-electron chi connectivity index (χ4n) is 4.32. The predicted octanol–water partition coefficient (Wildman–Crippen LogP) is 2.21. The number of ether oxygens (including phenoxy) is 1. The molecule has 0 radical (unpaired) electrons. The second-order valence-electron chi connectivity index (χ2n) is 7.41. The smallest absolute Gasteiger partial charge is 0.219 e. The molecule has 2 saturated heterocycles. The third kappa shape index (κ3) is 4.53. The summed E-state index contributed by atoms with van der Waals surface area (Å²) in [4.78, 5) is 16.3. The quantitative estimate of drug-likeness (QED) is 0.858. The highest BCUT2D eigenvalue weighted by Gasteiger charge is 2.39. The van der Waals surface area contributed by atoms with Crippen LogP contribution in [0.3, 0.4) is 0 Å². The molecule has 0 bridgehead atoms. The van der Waals surface area contributed by atoms with Gasteiger partial charge in [0.05, 0.1) is 0 Å². The highest BCUT2D eigenvalue weighted by Crippen LogP contribution is 2.30. The Balaban J connectivity index is 1.53. The second kappa shape index (κ2) is 8.19. The summed E-state index contributed by atoms with van der Waals surface area (Å²) in [5, 5.41) is 10.4. The zero-order valence-corrected chi connectivity index (χ0v) is 15.4. The van der Waals surface area contributed by atoms with Crippen LogP contribution in [-0.4, -0.2) is 65.2 Å². The molecule has 2 fully saturated rings. The molecule has 3 atom stereocenters. The van der Waals surface area contributed by atoms with Gasteiger partial charge in [-0.05, 0) is 56.8 Å². The van der Waals surface area contributed by atoms with Crippen LogP contribution in [0, 0.1) is 6.92 Å². The Morgan fingerprint density at radius 2 is 2.04 bits per heavy atom. The van der Waals surface area contributed by atoms with Gasteiger partial charge < -0.3 is 14.7 Å². The van der Waals surface area contributed by atoms with Crippen molar-refractivity contribution in [3.05, 3.63) is 29.8 Å². The Kier molecular flexibility index (Phi) is 5.97. The molecule has 2 aliphatic heterocycles. The number of aliphatic hydroxyl groups is 1. The van der Waals surface area contributed by atoms with Crippen molar-refractivity contribution >= 4 is 5.91 Å². The highest BCUT2D eigenvalue weighted by molar-refractivity contribution is 5.74. The first-order valence-electron chi connectivity index (χ1n) is 9.43. The molecule has 0 spiro atoms. The van der Waals surface area contributed by atoms with Crippen LogP contribution in [0.15, 0.2) is 24.3 Å². The first-order valence-corrected chi connectivity index (χ1v) is 9.43. The van der Waals surface area contributed by atoms with E-state index in [0.29, 0.717) is 25.2 Å². The summed E-state index contributed by atoms with van der Waals surface area (Å²) in [7, 11) is 0. The van der Waals surface area contributed by atoms with Crippen molar-refractivity contribution in [2.75, 3.05) is 26.2 Å². The van der Waals surface area contributed by atoms with E-state index in [-0.39, 0.29) is 5.91 Å². The average Bonchev–Trinajstić information content (AvgIpc) is 3.21. The molecule has 5 nitrogen and oxygen atoms in total. The number of aryl methyl sites for hydroxylation is 1. The van der Waals surface area contributed by atoms with Gasteiger partial charge in [-0.2, -0.15) is 0 Å². The molecule has 0 aliphatic carbocycles. The average molecular weight is 346 g/mol. The normalized spacial score (nSPS) is 25.3. The number of likely N-dealkylation sites (tertiary alicyclic amines) is 2. The molecular weight excluding hydrogens is 316 g/mol. The van der Waals surface area contributed by atoms with Crippen molar-refractivity contribution in [1.82, 2.24) is 9.80 Å². The molecule has 25 heavy (non-hydrogen) atoms. The lowest BCUT2D eigenvalue weighted by Crippen LogP contribution is -2.49. The molecule has 0 aromatic heterocycles. The molecule has 138 valence electrons. The van der Waals surface area contributed by atoms with Crippen molar-refractivity contribution < 1.29 is 14.6 Å². The number of hydrogen-bond donors (Lipinski definition) is 1. The number of benzene rings is 1. The minimum absolute atomic E-state index is 0.178. The lowest BCUT2D eigenvalue weighted by molar-refractivity contribution is -0.130. The van der Waals surface area contributed by atoms with Gasteiger partial charge in [-0.15, -0.1) is 0 Å². The first-order chi connectivity index (χ1) is 12.0. The van der Waals surface area contributed by atoms with Crippen LogP contribution in [0.5, 0.6) is 5.75 Å². The Morgan fingerprint density at radius 3 is 2.80 bits per heavy atom. The fraction of sp³-hybridized carbons (Fsp3) is 0.650. The molecule has 1 N–H and O–H groups in total. The number of nitrogens with zero attached hydrogens (tertiary/aromatic N) is 2. The lowest BCUT2D eigenvalue weighted by Gasteiger charge is -2.35. The molecule has 1 aromatic carbocycles. The summed E-state index contributed by atoms with van der Waals surface area (Å²) in [6.07, 6.45) is 3.90. The number of rotatable bonds is 6. The molecular formula is C20H30N2O3. The fourth-order valence-corrected chi connectivity index (χ4v) is 4.32. The van der Waals surface area contributed by atoms with E-state index in [1.54, 1.807) is 6.92 Å². The SMILES string of the molecule is CC(=O)N1CCC[C@@H]1[C@H]1CCCN1C[C@H](O)COc1cccc(C)c1. The van der Waals surface area contributed by atoms with Crippen LogP contribution >= 0.6 is 0 Å². The van der Waals surface area contributed by atoms with E-state index < -0.39 is 6.10 Å². The van der Waals surface area contributed by atoms with Crippen LogP contribution < -0.4 is 4.74 Å². The van der Waals surface area contributed by atoms with E-state index in [1.165, 1.54) is 0 Å². The zero-order chi connectivity index (χ0) is 17.8. The highest BCUT2D eigenvalue weighted by atomic mass is 16.5. The van der Waals surface area contributed by atoms with Gasteiger partial charge in [-0.25, -0.2) is 0 Å². The lowest BCUT2D eigenvalue weighted by atomic mass is 10.0. The maximum atomic E-state index is 11.9. The maximum absolute atomic E-state index is 11.9. The van der Waals surface area contributed by atoms with Gasteiger partial charge in [-0.1, -0.05) is 12.1 Å². The largest absolute Gasteiger partial charge is 0.491 e.